The predicted octanol–water partition coefficient (Wildman–Crippen LogP) is 1.92. The summed E-state index contributed by atoms with van der Waals surface area (Å²) in [7, 11) is -6.43. The Bertz CT molecular complexity index is 527. The molecule has 0 bridgehead atoms. The summed E-state index contributed by atoms with van der Waals surface area (Å²) in [6.07, 6.45) is 5.69. The van der Waals surface area contributed by atoms with E-state index in [4.69, 9.17) is 0 Å². The number of halogens is 1. The summed E-state index contributed by atoms with van der Waals surface area (Å²) in [6, 6.07) is 0.0971. The van der Waals surface area contributed by atoms with Gasteiger partial charge in [0.2, 0.25) is 10.0 Å². The summed E-state index contributed by atoms with van der Waals surface area (Å²) >= 11 is 3.35. The topological polar surface area (TPSA) is 71.5 Å². The first-order valence-corrected chi connectivity index (χ1v) is 12.1. The largest absolute Gasteiger partial charge is 0.229 e. The third-order valence-corrected chi connectivity index (χ3v) is 9.06. The first-order chi connectivity index (χ1) is 9.87. The molecule has 2 rings (SSSR count). The molecule has 5 nitrogen and oxygen atoms in total. The summed E-state index contributed by atoms with van der Waals surface area (Å²) in [5.41, 5.74) is 0. The fourth-order valence-corrected chi connectivity index (χ4v) is 7.92. The molecule has 0 aromatic rings. The van der Waals surface area contributed by atoms with Gasteiger partial charge >= 0.3 is 0 Å². The highest BCUT2D eigenvalue weighted by atomic mass is 79.9. The van der Waals surface area contributed by atoms with E-state index in [2.05, 4.69) is 15.9 Å². The average Bonchev–Trinajstić information content (AvgIpc) is 2.45. The number of sulfonamides is 1. The first-order valence-electron chi connectivity index (χ1n) is 7.64. The van der Waals surface area contributed by atoms with Crippen molar-refractivity contribution in [1.82, 2.24) is 4.31 Å². The molecule has 1 saturated carbocycles. The number of rotatable bonds is 5. The van der Waals surface area contributed by atoms with Crippen molar-refractivity contribution in [2.24, 2.45) is 0 Å². The molecule has 0 spiro atoms. The Labute approximate surface area is 136 Å². The van der Waals surface area contributed by atoms with Crippen LogP contribution in [0, 0.1) is 0 Å². The van der Waals surface area contributed by atoms with E-state index in [9.17, 15) is 16.8 Å². The van der Waals surface area contributed by atoms with Crippen LogP contribution in [0.3, 0.4) is 0 Å². The minimum atomic E-state index is -3.40. The molecule has 0 amide bonds. The minimum absolute atomic E-state index is 0.00369. The number of hydrogen-bond donors (Lipinski definition) is 0. The van der Waals surface area contributed by atoms with Crippen molar-refractivity contribution in [3.05, 3.63) is 0 Å². The van der Waals surface area contributed by atoms with Crippen LogP contribution < -0.4 is 0 Å². The van der Waals surface area contributed by atoms with Gasteiger partial charge in [-0.3, -0.25) is 0 Å². The van der Waals surface area contributed by atoms with Crippen molar-refractivity contribution in [3.8, 4) is 0 Å². The normalized spacial score (nSPS) is 25.2. The van der Waals surface area contributed by atoms with Crippen molar-refractivity contribution < 1.29 is 16.8 Å². The molecule has 0 aromatic heterocycles. The lowest BCUT2D eigenvalue weighted by Gasteiger charge is -2.36. The molecule has 0 N–H and O–H groups in total. The molecule has 0 atom stereocenters. The van der Waals surface area contributed by atoms with Gasteiger partial charge in [-0.25, -0.2) is 16.8 Å². The van der Waals surface area contributed by atoms with Gasteiger partial charge in [0.1, 0.15) is 9.84 Å². The Balaban J connectivity index is 2.13. The second-order valence-corrected chi connectivity index (χ2v) is 11.2. The molecular weight excluding hydrogens is 378 g/mol. The molecule has 1 aliphatic carbocycles. The van der Waals surface area contributed by atoms with Gasteiger partial charge < -0.3 is 0 Å². The van der Waals surface area contributed by atoms with Gasteiger partial charge in [0.25, 0.3) is 0 Å². The molecule has 1 saturated heterocycles. The maximum atomic E-state index is 12.9. The molecule has 0 unspecified atom stereocenters. The van der Waals surface area contributed by atoms with E-state index in [0.717, 1.165) is 25.7 Å². The summed E-state index contributed by atoms with van der Waals surface area (Å²) < 4.78 is 50.5. The highest BCUT2D eigenvalue weighted by molar-refractivity contribution is 9.09. The number of sulfone groups is 1. The molecule has 2 aliphatic rings. The second kappa shape index (κ2) is 7.27. The van der Waals surface area contributed by atoms with Gasteiger partial charge in [-0.2, -0.15) is 4.31 Å². The predicted molar refractivity (Wildman–Crippen MR) is 88.0 cm³/mol. The van der Waals surface area contributed by atoms with E-state index in [1.807, 2.05) is 0 Å². The van der Waals surface area contributed by atoms with Crippen LogP contribution in [0.25, 0.3) is 0 Å². The van der Waals surface area contributed by atoms with Crippen LogP contribution >= 0.6 is 15.9 Å². The van der Waals surface area contributed by atoms with Crippen molar-refractivity contribution in [1.29, 1.82) is 0 Å². The van der Waals surface area contributed by atoms with Crippen LogP contribution in [0.4, 0.5) is 0 Å². The van der Waals surface area contributed by atoms with Crippen molar-refractivity contribution in [2.45, 2.75) is 56.2 Å². The Morgan fingerprint density at radius 2 is 1.57 bits per heavy atom. The number of nitrogens with zero attached hydrogens (tertiary/aromatic N) is 1. The molecule has 0 radical (unpaired) electrons. The summed E-state index contributed by atoms with van der Waals surface area (Å²) in [5, 5.41) is 0.0929. The van der Waals surface area contributed by atoms with Crippen LogP contribution in [-0.2, 0) is 19.9 Å². The zero-order valence-electron chi connectivity index (χ0n) is 12.2. The molecule has 2 fully saturated rings. The highest BCUT2D eigenvalue weighted by Gasteiger charge is 2.39. The van der Waals surface area contributed by atoms with Gasteiger partial charge in [-0.1, -0.05) is 35.2 Å². The quantitative estimate of drug-likeness (QED) is 0.659. The monoisotopic (exact) mass is 401 g/mol. The molecule has 1 aliphatic heterocycles. The van der Waals surface area contributed by atoms with Crippen molar-refractivity contribution in [3.63, 3.8) is 0 Å². The van der Waals surface area contributed by atoms with Gasteiger partial charge in [0, 0.05) is 17.9 Å². The van der Waals surface area contributed by atoms with Crippen LogP contribution in [-0.4, -0.2) is 55.8 Å². The van der Waals surface area contributed by atoms with E-state index < -0.39 is 25.1 Å². The SMILES string of the molecule is O=S1(=O)CCC(S(=O)(=O)N(CCBr)C2CCCCC2)CC1. The fourth-order valence-electron chi connectivity index (χ4n) is 3.33. The van der Waals surface area contributed by atoms with Crippen LogP contribution in [0.15, 0.2) is 0 Å². The average molecular weight is 402 g/mol. The van der Waals surface area contributed by atoms with Crippen LogP contribution in [0.2, 0.25) is 0 Å². The number of alkyl halides is 1. The minimum Gasteiger partial charge on any atom is -0.229 e. The summed E-state index contributed by atoms with van der Waals surface area (Å²) in [4.78, 5) is 0. The standard InChI is InChI=1S/C13H24BrNO4S2/c14-8-9-15(12-4-2-1-3-5-12)21(18,19)13-6-10-20(16,17)11-7-13/h12-13H,1-11H2. The van der Waals surface area contributed by atoms with E-state index in [1.54, 1.807) is 4.31 Å². The van der Waals surface area contributed by atoms with Crippen LogP contribution in [0.5, 0.6) is 0 Å². The van der Waals surface area contributed by atoms with E-state index in [0.29, 0.717) is 11.9 Å². The molecule has 124 valence electrons. The van der Waals surface area contributed by atoms with Crippen LogP contribution in [0.1, 0.15) is 44.9 Å². The van der Waals surface area contributed by atoms with E-state index in [-0.39, 0.29) is 30.4 Å². The smallest absolute Gasteiger partial charge is 0.217 e. The molecule has 1 heterocycles. The maximum absolute atomic E-state index is 12.9. The summed E-state index contributed by atoms with van der Waals surface area (Å²) in [6.45, 7) is 0.482. The number of hydrogen-bond acceptors (Lipinski definition) is 4. The lowest BCUT2D eigenvalue weighted by Crippen LogP contribution is -2.48. The fraction of sp³-hybridized carbons (Fsp3) is 1.00. The second-order valence-electron chi connectivity index (χ2n) is 5.99. The third kappa shape index (κ3) is 4.42. The highest BCUT2D eigenvalue weighted by Crippen LogP contribution is 2.29. The van der Waals surface area contributed by atoms with Gasteiger partial charge in [0.15, 0.2) is 0 Å². The zero-order chi connectivity index (χ0) is 15.5. The first kappa shape index (κ1) is 17.7. The Morgan fingerprint density at radius 1 is 1.00 bits per heavy atom. The van der Waals surface area contributed by atoms with Gasteiger partial charge in [-0.15, -0.1) is 0 Å². The van der Waals surface area contributed by atoms with Crippen molar-refractivity contribution in [2.75, 3.05) is 23.4 Å². The molecule has 0 aromatic carbocycles. The van der Waals surface area contributed by atoms with E-state index >= 15 is 0 Å². The molecule has 21 heavy (non-hydrogen) atoms. The summed E-state index contributed by atoms with van der Waals surface area (Å²) in [5.74, 6) is 0.00737. The Hall–Kier alpha value is 0.340. The van der Waals surface area contributed by atoms with E-state index in [1.165, 1.54) is 6.42 Å². The molecule has 8 heteroatoms. The van der Waals surface area contributed by atoms with Gasteiger partial charge in [-0.05, 0) is 25.7 Å². The van der Waals surface area contributed by atoms with Gasteiger partial charge in [0.05, 0.1) is 16.8 Å². The third-order valence-electron chi connectivity index (χ3n) is 4.54. The Kier molecular flexibility index (Phi) is 6.13. The maximum Gasteiger partial charge on any atom is 0.217 e. The Morgan fingerprint density at radius 3 is 2.10 bits per heavy atom. The lowest BCUT2D eigenvalue weighted by atomic mass is 9.95. The lowest BCUT2D eigenvalue weighted by molar-refractivity contribution is 0.260. The molecular formula is C13H24BrNO4S2. The zero-order valence-corrected chi connectivity index (χ0v) is 15.4. The van der Waals surface area contributed by atoms with Crippen molar-refractivity contribution >= 4 is 35.8 Å².